The fourth-order valence-corrected chi connectivity index (χ4v) is 0.834. The van der Waals surface area contributed by atoms with Crippen LogP contribution in [-0.4, -0.2) is 31.5 Å². The lowest BCUT2D eigenvalue weighted by atomic mass is 10.4. The molecule has 1 aliphatic rings. The topological polar surface area (TPSA) is 36.4 Å². The zero-order valence-electron chi connectivity index (χ0n) is 6.27. The van der Waals surface area contributed by atoms with Gasteiger partial charge in [0.15, 0.2) is 5.96 Å². The first-order valence-corrected chi connectivity index (χ1v) is 3.51. The third-order valence-corrected chi connectivity index (χ3v) is 1.33. The molecule has 1 rings (SSSR count). The smallest absolute Gasteiger partial charge is 0.255 e. The Labute approximate surface area is 63.9 Å². The second-order valence-electron chi connectivity index (χ2n) is 2.51. The maximum absolute atomic E-state index is 11.6. The SMILES string of the molecule is CC1CN=C(NCC(F)F)N1. The minimum absolute atomic E-state index is 0.259. The van der Waals surface area contributed by atoms with Crippen LogP contribution in [0.5, 0.6) is 0 Å². The molecule has 1 unspecified atom stereocenters. The number of halogens is 2. The summed E-state index contributed by atoms with van der Waals surface area (Å²) in [6.07, 6.45) is -2.32. The van der Waals surface area contributed by atoms with Crippen LogP contribution >= 0.6 is 0 Å². The molecule has 0 aromatic rings. The van der Waals surface area contributed by atoms with Crippen molar-refractivity contribution in [3.05, 3.63) is 0 Å². The van der Waals surface area contributed by atoms with Gasteiger partial charge in [-0.25, -0.2) is 8.78 Å². The van der Waals surface area contributed by atoms with Crippen LogP contribution in [0, 0.1) is 0 Å². The molecule has 0 radical (unpaired) electrons. The molecule has 5 heteroatoms. The zero-order chi connectivity index (χ0) is 8.27. The minimum atomic E-state index is -2.32. The summed E-state index contributed by atoms with van der Waals surface area (Å²) in [5.41, 5.74) is 0. The molecule has 0 aromatic carbocycles. The summed E-state index contributed by atoms with van der Waals surface area (Å²) in [6, 6.07) is 0.259. The molecular weight excluding hydrogens is 152 g/mol. The van der Waals surface area contributed by atoms with Crippen LogP contribution in [0.3, 0.4) is 0 Å². The van der Waals surface area contributed by atoms with Gasteiger partial charge in [-0.05, 0) is 6.92 Å². The Bertz CT molecular complexity index is 158. The van der Waals surface area contributed by atoms with E-state index in [1.165, 1.54) is 0 Å². The molecule has 0 spiro atoms. The summed E-state index contributed by atoms with van der Waals surface area (Å²) in [4.78, 5) is 3.95. The molecule has 0 bridgehead atoms. The first kappa shape index (κ1) is 8.23. The Morgan fingerprint density at radius 1 is 1.82 bits per heavy atom. The molecule has 2 N–H and O–H groups in total. The van der Waals surface area contributed by atoms with Crippen molar-refractivity contribution in [1.29, 1.82) is 0 Å². The first-order valence-electron chi connectivity index (χ1n) is 3.51. The van der Waals surface area contributed by atoms with Gasteiger partial charge in [0.25, 0.3) is 6.43 Å². The Hall–Kier alpha value is -0.870. The molecule has 0 amide bonds. The molecule has 3 nitrogen and oxygen atoms in total. The number of alkyl halides is 2. The third-order valence-electron chi connectivity index (χ3n) is 1.33. The van der Waals surface area contributed by atoms with Gasteiger partial charge in [0.1, 0.15) is 0 Å². The normalized spacial score (nSPS) is 23.3. The van der Waals surface area contributed by atoms with E-state index >= 15 is 0 Å². The van der Waals surface area contributed by atoms with Crippen LogP contribution in [0.2, 0.25) is 0 Å². The van der Waals surface area contributed by atoms with Gasteiger partial charge in [-0.15, -0.1) is 0 Å². The number of aliphatic imine (C=N–C) groups is 1. The van der Waals surface area contributed by atoms with Gasteiger partial charge < -0.3 is 10.6 Å². The van der Waals surface area contributed by atoms with Gasteiger partial charge in [-0.2, -0.15) is 0 Å². The molecule has 0 aromatic heterocycles. The summed E-state index contributed by atoms with van der Waals surface area (Å²) >= 11 is 0. The predicted molar refractivity (Wildman–Crippen MR) is 38.9 cm³/mol. The van der Waals surface area contributed by atoms with E-state index in [1.54, 1.807) is 0 Å². The summed E-state index contributed by atoms with van der Waals surface area (Å²) < 4.78 is 23.3. The lowest BCUT2D eigenvalue weighted by molar-refractivity contribution is 0.152. The fraction of sp³-hybridized carbons (Fsp3) is 0.833. The molecule has 11 heavy (non-hydrogen) atoms. The van der Waals surface area contributed by atoms with Crippen LogP contribution in [-0.2, 0) is 0 Å². The lowest BCUT2D eigenvalue weighted by Gasteiger charge is -2.07. The van der Waals surface area contributed by atoms with Crippen molar-refractivity contribution in [1.82, 2.24) is 10.6 Å². The summed E-state index contributed by atoms with van der Waals surface area (Å²) in [7, 11) is 0. The fourth-order valence-electron chi connectivity index (χ4n) is 0.834. The number of rotatable bonds is 2. The number of nitrogens with zero attached hydrogens (tertiary/aromatic N) is 1. The van der Waals surface area contributed by atoms with Crippen molar-refractivity contribution in [3.63, 3.8) is 0 Å². The van der Waals surface area contributed by atoms with E-state index in [4.69, 9.17) is 0 Å². The Morgan fingerprint density at radius 3 is 3.00 bits per heavy atom. The van der Waals surface area contributed by atoms with Gasteiger partial charge >= 0.3 is 0 Å². The van der Waals surface area contributed by atoms with E-state index in [0.29, 0.717) is 12.5 Å². The van der Waals surface area contributed by atoms with Crippen LogP contribution < -0.4 is 10.6 Å². The minimum Gasteiger partial charge on any atom is -0.352 e. The molecule has 0 aliphatic carbocycles. The maximum Gasteiger partial charge on any atom is 0.255 e. The first-order chi connectivity index (χ1) is 5.18. The Balaban J connectivity index is 2.18. The average molecular weight is 163 g/mol. The molecule has 64 valence electrons. The van der Waals surface area contributed by atoms with Crippen molar-refractivity contribution < 1.29 is 8.78 Å². The number of hydrogen-bond acceptors (Lipinski definition) is 3. The molecule has 1 heterocycles. The van der Waals surface area contributed by atoms with E-state index < -0.39 is 6.43 Å². The van der Waals surface area contributed by atoms with Gasteiger partial charge in [-0.1, -0.05) is 0 Å². The highest BCUT2D eigenvalue weighted by atomic mass is 19.3. The van der Waals surface area contributed by atoms with Crippen LogP contribution in [0.15, 0.2) is 4.99 Å². The maximum atomic E-state index is 11.6. The Morgan fingerprint density at radius 2 is 2.55 bits per heavy atom. The Kier molecular flexibility index (Phi) is 2.62. The highest BCUT2D eigenvalue weighted by molar-refractivity contribution is 5.81. The quantitative estimate of drug-likeness (QED) is 0.609. The van der Waals surface area contributed by atoms with E-state index in [0.717, 1.165) is 0 Å². The van der Waals surface area contributed by atoms with Crippen molar-refractivity contribution in [2.24, 2.45) is 4.99 Å². The second-order valence-corrected chi connectivity index (χ2v) is 2.51. The van der Waals surface area contributed by atoms with Gasteiger partial charge in [0.05, 0.1) is 13.1 Å². The summed E-state index contributed by atoms with van der Waals surface area (Å²) in [6.45, 7) is 2.27. The second kappa shape index (κ2) is 3.50. The van der Waals surface area contributed by atoms with Crippen molar-refractivity contribution in [2.75, 3.05) is 13.1 Å². The molecular formula is C6H11F2N3. The van der Waals surface area contributed by atoms with Gasteiger partial charge in [0, 0.05) is 6.04 Å². The van der Waals surface area contributed by atoms with E-state index in [2.05, 4.69) is 15.6 Å². The van der Waals surface area contributed by atoms with Crippen molar-refractivity contribution in [3.8, 4) is 0 Å². The third kappa shape index (κ3) is 2.69. The summed E-state index contributed by atoms with van der Waals surface area (Å²) in [5.74, 6) is 0.484. The largest absolute Gasteiger partial charge is 0.352 e. The van der Waals surface area contributed by atoms with Crippen LogP contribution in [0.4, 0.5) is 8.78 Å². The van der Waals surface area contributed by atoms with Crippen LogP contribution in [0.1, 0.15) is 6.92 Å². The predicted octanol–water partition coefficient (Wildman–Crippen LogP) is 0.189. The van der Waals surface area contributed by atoms with Gasteiger partial charge in [0.2, 0.25) is 0 Å². The van der Waals surface area contributed by atoms with Crippen LogP contribution in [0.25, 0.3) is 0 Å². The lowest BCUT2D eigenvalue weighted by Crippen LogP contribution is -2.39. The summed E-state index contributed by atoms with van der Waals surface area (Å²) in [5, 5.41) is 5.42. The average Bonchev–Trinajstić information content (AvgIpc) is 2.31. The number of nitrogens with one attached hydrogen (secondary N) is 2. The van der Waals surface area contributed by atoms with Gasteiger partial charge in [-0.3, -0.25) is 4.99 Å². The molecule has 1 aliphatic heterocycles. The number of guanidine groups is 1. The standard InChI is InChI=1S/C6H11F2N3/c1-4-2-9-6(11-4)10-3-5(7)8/h4-5H,2-3H2,1H3,(H2,9,10,11). The highest BCUT2D eigenvalue weighted by Gasteiger charge is 2.12. The monoisotopic (exact) mass is 163 g/mol. The van der Waals surface area contributed by atoms with Crippen molar-refractivity contribution in [2.45, 2.75) is 19.4 Å². The molecule has 1 atom stereocenters. The molecule has 0 saturated carbocycles. The zero-order valence-corrected chi connectivity index (χ0v) is 6.27. The van der Waals surface area contributed by atoms with E-state index in [1.807, 2.05) is 6.92 Å². The molecule has 0 fully saturated rings. The van der Waals surface area contributed by atoms with E-state index in [9.17, 15) is 8.78 Å². The van der Waals surface area contributed by atoms with Crippen molar-refractivity contribution >= 4 is 5.96 Å². The van der Waals surface area contributed by atoms with E-state index in [-0.39, 0.29) is 12.6 Å². The number of hydrogen-bond donors (Lipinski definition) is 2. The molecule has 0 saturated heterocycles. The highest BCUT2D eigenvalue weighted by Crippen LogP contribution is 1.93.